The van der Waals surface area contributed by atoms with E-state index in [4.69, 9.17) is 11.6 Å². The molecule has 3 aromatic rings. The van der Waals surface area contributed by atoms with E-state index in [0.717, 1.165) is 17.6 Å². The number of hydrogen-bond donors (Lipinski definition) is 0. The van der Waals surface area contributed by atoms with Gasteiger partial charge in [0.2, 0.25) is 0 Å². The zero-order valence-corrected chi connectivity index (χ0v) is 18.2. The first-order valence-corrected chi connectivity index (χ1v) is 10.7. The fourth-order valence-corrected chi connectivity index (χ4v) is 4.26. The van der Waals surface area contributed by atoms with E-state index in [1.165, 1.54) is 11.1 Å². The molecule has 0 spiro atoms. The first kappa shape index (κ1) is 20.1. The molecular formula is C23H21BrClN3O. The van der Waals surface area contributed by atoms with Gasteiger partial charge in [0.25, 0.3) is 5.91 Å². The Balaban J connectivity index is 1.53. The van der Waals surface area contributed by atoms with Crippen LogP contribution in [0.1, 0.15) is 27.5 Å². The first-order valence-electron chi connectivity index (χ1n) is 9.58. The Labute approximate surface area is 184 Å². The van der Waals surface area contributed by atoms with E-state index < -0.39 is 0 Å². The molecule has 148 valence electrons. The highest BCUT2D eigenvalue weighted by atomic mass is 79.9. The normalized spacial score (nSPS) is 15.9. The molecule has 2 heterocycles. The second-order valence-electron chi connectivity index (χ2n) is 7.03. The van der Waals surface area contributed by atoms with Gasteiger partial charge in [-0.05, 0) is 35.4 Å². The van der Waals surface area contributed by atoms with Crippen LogP contribution in [0.3, 0.4) is 0 Å². The van der Waals surface area contributed by atoms with Gasteiger partial charge >= 0.3 is 0 Å². The first-order chi connectivity index (χ1) is 14.1. The lowest BCUT2D eigenvalue weighted by atomic mass is 9.96. The maximum atomic E-state index is 12.9. The van der Waals surface area contributed by atoms with Gasteiger partial charge < -0.3 is 4.90 Å². The number of aromatic nitrogens is 1. The van der Waals surface area contributed by atoms with Gasteiger partial charge in [-0.1, -0.05) is 70.0 Å². The van der Waals surface area contributed by atoms with Crippen molar-refractivity contribution in [2.75, 3.05) is 26.2 Å². The number of piperazine rings is 1. The molecule has 29 heavy (non-hydrogen) atoms. The minimum absolute atomic E-state index is 0.0531. The number of carbonyl (C=O) groups is 1. The molecule has 0 saturated carbocycles. The van der Waals surface area contributed by atoms with Crippen molar-refractivity contribution in [2.45, 2.75) is 6.04 Å². The quantitative estimate of drug-likeness (QED) is 0.501. The van der Waals surface area contributed by atoms with Crippen molar-refractivity contribution in [3.8, 4) is 0 Å². The minimum atomic E-state index is -0.0531. The Bertz CT molecular complexity index is 973. The largest absolute Gasteiger partial charge is 0.336 e. The highest BCUT2D eigenvalue weighted by Gasteiger charge is 2.29. The summed E-state index contributed by atoms with van der Waals surface area (Å²) >= 11 is 9.64. The van der Waals surface area contributed by atoms with Crippen LogP contribution in [0.5, 0.6) is 0 Å². The van der Waals surface area contributed by atoms with Crippen LogP contribution in [-0.4, -0.2) is 46.9 Å². The van der Waals surface area contributed by atoms with E-state index in [1.54, 1.807) is 18.3 Å². The van der Waals surface area contributed by atoms with E-state index in [0.29, 0.717) is 18.7 Å². The van der Waals surface area contributed by atoms with Gasteiger partial charge in [0.15, 0.2) is 0 Å². The lowest BCUT2D eigenvalue weighted by molar-refractivity contribution is 0.0597. The molecule has 0 bridgehead atoms. The number of hydrogen-bond acceptors (Lipinski definition) is 3. The maximum absolute atomic E-state index is 12.9. The van der Waals surface area contributed by atoms with Crippen LogP contribution in [0.25, 0.3) is 0 Å². The molecule has 1 saturated heterocycles. The topological polar surface area (TPSA) is 36.4 Å². The average molecular weight is 471 g/mol. The average Bonchev–Trinajstić information content (AvgIpc) is 2.76. The Morgan fingerprint density at radius 3 is 2.21 bits per heavy atom. The van der Waals surface area contributed by atoms with Crippen LogP contribution in [0.4, 0.5) is 0 Å². The van der Waals surface area contributed by atoms with Crippen molar-refractivity contribution in [1.82, 2.24) is 14.8 Å². The molecule has 1 aromatic heterocycles. The molecule has 0 aliphatic carbocycles. The van der Waals surface area contributed by atoms with Crippen molar-refractivity contribution in [3.05, 3.63) is 99.2 Å². The summed E-state index contributed by atoms with van der Waals surface area (Å²) in [7, 11) is 0. The van der Waals surface area contributed by atoms with Gasteiger partial charge in [0.05, 0.1) is 11.6 Å². The zero-order valence-electron chi connectivity index (χ0n) is 15.8. The number of nitrogens with zero attached hydrogens (tertiary/aromatic N) is 3. The molecule has 1 aliphatic heterocycles. The van der Waals surface area contributed by atoms with Crippen molar-refractivity contribution >= 4 is 33.4 Å². The van der Waals surface area contributed by atoms with Gasteiger partial charge in [-0.3, -0.25) is 9.69 Å². The maximum Gasteiger partial charge on any atom is 0.257 e. The SMILES string of the molecule is O=C(c1cccnc1Cl)N1CCN([C@@H](c2ccccc2)c2ccc(Br)cc2)CC1. The highest BCUT2D eigenvalue weighted by molar-refractivity contribution is 9.10. The summed E-state index contributed by atoms with van der Waals surface area (Å²) in [6.45, 7) is 2.90. The third kappa shape index (κ3) is 4.53. The number of benzene rings is 2. The van der Waals surface area contributed by atoms with E-state index in [9.17, 15) is 4.79 Å². The number of halogens is 2. The molecule has 1 aliphatic rings. The van der Waals surface area contributed by atoms with E-state index in [1.807, 2.05) is 11.0 Å². The molecule has 2 aromatic carbocycles. The van der Waals surface area contributed by atoms with Gasteiger partial charge in [-0.15, -0.1) is 0 Å². The summed E-state index contributed by atoms with van der Waals surface area (Å²) < 4.78 is 1.07. The zero-order chi connectivity index (χ0) is 20.2. The minimum Gasteiger partial charge on any atom is -0.336 e. The van der Waals surface area contributed by atoms with E-state index >= 15 is 0 Å². The van der Waals surface area contributed by atoms with Crippen molar-refractivity contribution in [2.24, 2.45) is 0 Å². The number of rotatable bonds is 4. The molecule has 0 N–H and O–H groups in total. The van der Waals surface area contributed by atoms with Gasteiger partial charge in [0, 0.05) is 36.8 Å². The van der Waals surface area contributed by atoms with Crippen molar-refractivity contribution in [1.29, 1.82) is 0 Å². The predicted octanol–water partition coefficient (Wildman–Crippen LogP) is 5.04. The number of pyridine rings is 1. The Morgan fingerprint density at radius 1 is 0.897 bits per heavy atom. The van der Waals surface area contributed by atoms with Crippen LogP contribution >= 0.6 is 27.5 Å². The molecule has 1 atom stereocenters. The Hall–Kier alpha value is -2.21. The van der Waals surface area contributed by atoms with Gasteiger partial charge in [-0.25, -0.2) is 4.98 Å². The Morgan fingerprint density at radius 2 is 1.55 bits per heavy atom. The second kappa shape index (κ2) is 9.08. The van der Waals surface area contributed by atoms with Crippen LogP contribution in [0.2, 0.25) is 5.15 Å². The second-order valence-corrected chi connectivity index (χ2v) is 8.31. The molecule has 6 heteroatoms. The molecular weight excluding hydrogens is 450 g/mol. The van der Waals surface area contributed by atoms with Crippen LogP contribution < -0.4 is 0 Å². The summed E-state index contributed by atoms with van der Waals surface area (Å²) in [6.07, 6.45) is 1.60. The molecule has 0 radical (unpaired) electrons. The summed E-state index contributed by atoms with van der Waals surface area (Å²) in [5, 5.41) is 0.261. The summed E-state index contributed by atoms with van der Waals surface area (Å²) in [5.74, 6) is -0.0531. The predicted molar refractivity (Wildman–Crippen MR) is 119 cm³/mol. The summed E-state index contributed by atoms with van der Waals surface area (Å²) in [5.41, 5.74) is 2.97. The van der Waals surface area contributed by atoms with Crippen LogP contribution in [0.15, 0.2) is 77.4 Å². The Kier molecular flexibility index (Phi) is 6.28. The molecule has 0 unspecified atom stereocenters. The van der Waals surface area contributed by atoms with E-state index in [-0.39, 0.29) is 17.1 Å². The molecule has 4 rings (SSSR count). The molecule has 1 fully saturated rings. The van der Waals surface area contributed by atoms with Gasteiger partial charge in [-0.2, -0.15) is 0 Å². The number of amides is 1. The standard InChI is InChI=1S/C23H21BrClN3O/c24-19-10-8-18(9-11-19)21(17-5-2-1-3-6-17)27-13-15-28(16-14-27)23(29)20-7-4-12-26-22(20)25/h1-12,21H,13-16H2/t21-/m0/s1. The molecule has 4 nitrogen and oxygen atoms in total. The fraction of sp³-hybridized carbons (Fsp3) is 0.217. The van der Waals surface area contributed by atoms with Crippen molar-refractivity contribution < 1.29 is 4.79 Å². The number of carbonyl (C=O) groups excluding carboxylic acids is 1. The van der Waals surface area contributed by atoms with Crippen LogP contribution in [-0.2, 0) is 0 Å². The van der Waals surface area contributed by atoms with Crippen molar-refractivity contribution in [3.63, 3.8) is 0 Å². The molecule has 1 amide bonds. The smallest absolute Gasteiger partial charge is 0.257 e. The van der Waals surface area contributed by atoms with Gasteiger partial charge in [0.1, 0.15) is 5.15 Å². The third-order valence-corrected chi connectivity index (χ3v) is 6.09. The highest BCUT2D eigenvalue weighted by Crippen LogP contribution is 2.30. The lowest BCUT2D eigenvalue weighted by Gasteiger charge is -2.39. The monoisotopic (exact) mass is 469 g/mol. The fourth-order valence-electron chi connectivity index (χ4n) is 3.79. The van der Waals surface area contributed by atoms with E-state index in [2.05, 4.69) is 74.3 Å². The lowest BCUT2D eigenvalue weighted by Crippen LogP contribution is -2.50. The summed E-state index contributed by atoms with van der Waals surface area (Å²) in [6, 6.07) is 22.6. The third-order valence-electron chi connectivity index (χ3n) is 5.26. The summed E-state index contributed by atoms with van der Waals surface area (Å²) in [4.78, 5) is 21.2. The van der Waals surface area contributed by atoms with Crippen LogP contribution in [0, 0.1) is 0 Å².